The Morgan fingerprint density at radius 2 is 1.96 bits per heavy atom. The summed E-state index contributed by atoms with van der Waals surface area (Å²) in [7, 11) is 0. The molecule has 0 unspecified atom stereocenters. The molecule has 5 heteroatoms. The third-order valence-electron chi connectivity index (χ3n) is 4.53. The molecular weight excluding hydrogens is 302 g/mol. The average molecular weight is 327 g/mol. The van der Waals surface area contributed by atoms with Crippen molar-refractivity contribution in [2.24, 2.45) is 0 Å². The van der Waals surface area contributed by atoms with Crippen LogP contribution in [0.1, 0.15) is 38.2 Å². The summed E-state index contributed by atoms with van der Waals surface area (Å²) in [5, 5.41) is 5.94. The Morgan fingerprint density at radius 3 is 2.62 bits per heavy atom. The number of nitrogens with zero attached hydrogens (tertiary/aromatic N) is 1. The molecule has 128 valence electrons. The highest BCUT2D eigenvalue weighted by Gasteiger charge is 2.23. The standard InChI is InChI=1S/C19H25N3O2/c1-2-17-4-3-13-22(17)19(24)21-16-8-5-14(6-9-16)7-12-18(23)20-15-10-11-15/h3-6,8-9,15,17H,2,7,10-13H2,1H3,(H,20,23)(H,21,24)/t17-/m1/s1. The van der Waals surface area contributed by atoms with Gasteiger partial charge in [0.1, 0.15) is 0 Å². The molecule has 0 bridgehead atoms. The van der Waals surface area contributed by atoms with Crippen LogP contribution in [0.5, 0.6) is 0 Å². The van der Waals surface area contributed by atoms with E-state index in [0.717, 1.165) is 36.9 Å². The molecular formula is C19H25N3O2. The molecule has 1 heterocycles. The Bertz CT molecular complexity index is 620. The van der Waals surface area contributed by atoms with Crippen LogP contribution in [0.4, 0.5) is 10.5 Å². The van der Waals surface area contributed by atoms with Gasteiger partial charge in [-0.2, -0.15) is 0 Å². The number of urea groups is 1. The van der Waals surface area contributed by atoms with E-state index >= 15 is 0 Å². The van der Waals surface area contributed by atoms with Gasteiger partial charge in [0.2, 0.25) is 5.91 Å². The van der Waals surface area contributed by atoms with Gasteiger partial charge in [0, 0.05) is 24.7 Å². The summed E-state index contributed by atoms with van der Waals surface area (Å²) < 4.78 is 0. The summed E-state index contributed by atoms with van der Waals surface area (Å²) in [5.41, 5.74) is 1.89. The highest BCUT2D eigenvalue weighted by molar-refractivity contribution is 5.90. The molecule has 0 radical (unpaired) electrons. The van der Waals surface area contributed by atoms with Gasteiger partial charge in [0.05, 0.1) is 6.04 Å². The Balaban J connectivity index is 1.47. The summed E-state index contributed by atoms with van der Waals surface area (Å²) in [6.45, 7) is 2.74. The van der Waals surface area contributed by atoms with Crippen LogP contribution in [0, 0.1) is 0 Å². The number of carbonyl (C=O) groups excluding carboxylic acids is 2. The third-order valence-corrected chi connectivity index (χ3v) is 4.53. The van der Waals surface area contributed by atoms with Crippen molar-refractivity contribution >= 4 is 17.6 Å². The number of carbonyl (C=O) groups is 2. The molecule has 24 heavy (non-hydrogen) atoms. The summed E-state index contributed by atoms with van der Waals surface area (Å²) in [6, 6.07) is 8.28. The van der Waals surface area contributed by atoms with Crippen LogP contribution in [0.25, 0.3) is 0 Å². The molecule has 0 aromatic heterocycles. The van der Waals surface area contributed by atoms with Crippen LogP contribution in [0.2, 0.25) is 0 Å². The molecule has 0 spiro atoms. The number of benzene rings is 1. The van der Waals surface area contributed by atoms with E-state index in [-0.39, 0.29) is 18.0 Å². The minimum atomic E-state index is -0.0663. The molecule has 1 atom stereocenters. The first kappa shape index (κ1) is 16.6. The van der Waals surface area contributed by atoms with E-state index < -0.39 is 0 Å². The number of rotatable bonds is 6. The van der Waals surface area contributed by atoms with Gasteiger partial charge in [-0.25, -0.2) is 4.79 Å². The van der Waals surface area contributed by atoms with Gasteiger partial charge in [-0.3, -0.25) is 4.79 Å². The second kappa shape index (κ2) is 7.51. The maximum absolute atomic E-state index is 12.3. The second-order valence-corrected chi connectivity index (χ2v) is 6.52. The van der Waals surface area contributed by atoms with Crippen molar-refractivity contribution in [1.82, 2.24) is 10.2 Å². The van der Waals surface area contributed by atoms with Gasteiger partial charge in [0.15, 0.2) is 0 Å². The van der Waals surface area contributed by atoms with E-state index in [4.69, 9.17) is 0 Å². The van der Waals surface area contributed by atoms with Gasteiger partial charge in [0.25, 0.3) is 0 Å². The number of amides is 3. The molecule has 1 aliphatic heterocycles. The van der Waals surface area contributed by atoms with Gasteiger partial charge >= 0.3 is 6.03 Å². The van der Waals surface area contributed by atoms with Crippen molar-refractivity contribution in [3.63, 3.8) is 0 Å². The zero-order valence-electron chi connectivity index (χ0n) is 14.1. The SMILES string of the molecule is CC[C@@H]1C=CCN1C(=O)Nc1ccc(CCC(=O)NC2CC2)cc1. The topological polar surface area (TPSA) is 61.4 Å². The predicted octanol–water partition coefficient (Wildman–Crippen LogP) is 3.08. The first-order chi connectivity index (χ1) is 11.7. The predicted molar refractivity (Wildman–Crippen MR) is 94.9 cm³/mol. The molecule has 3 amide bonds. The summed E-state index contributed by atoms with van der Waals surface area (Å²) in [5.74, 6) is 0.127. The van der Waals surface area contributed by atoms with Gasteiger partial charge < -0.3 is 15.5 Å². The molecule has 1 aromatic carbocycles. The molecule has 5 nitrogen and oxygen atoms in total. The Hall–Kier alpha value is -2.30. The summed E-state index contributed by atoms with van der Waals surface area (Å²) >= 11 is 0. The number of hydrogen-bond acceptors (Lipinski definition) is 2. The normalized spacial score (nSPS) is 19.4. The lowest BCUT2D eigenvalue weighted by atomic mass is 10.1. The maximum atomic E-state index is 12.3. The van der Waals surface area contributed by atoms with Crippen molar-refractivity contribution in [3.8, 4) is 0 Å². The van der Waals surface area contributed by atoms with E-state index in [2.05, 4.69) is 23.6 Å². The molecule has 0 saturated heterocycles. The smallest absolute Gasteiger partial charge is 0.322 e. The molecule has 3 rings (SSSR count). The lowest BCUT2D eigenvalue weighted by Crippen LogP contribution is -2.38. The van der Waals surface area contributed by atoms with Crippen LogP contribution < -0.4 is 10.6 Å². The van der Waals surface area contributed by atoms with Gasteiger partial charge in [-0.05, 0) is 43.4 Å². The summed E-state index contributed by atoms with van der Waals surface area (Å²) in [6.07, 6.45) is 8.50. The highest BCUT2D eigenvalue weighted by Crippen LogP contribution is 2.19. The van der Waals surface area contributed by atoms with Crippen LogP contribution in [-0.4, -0.2) is 35.5 Å². The zero-order chi connectivity index (χ0) is 16.9. The van der Waals surface area contributed by atoms with E-state index in [1.165, 1.54) is 0 Å². The maximum Gasteiger partial charge on any atom is 0.322 e. The van der Waals surface area contributed by atoms with Crippen LogP contribution in [-0.2, 0) is 11.2 Å². The fraction of sp³-hybridized carbons (Fsp3) is 0.474. The zero-order valence-corrected chi connectivity index (χ0v) is 14.1. The third kappa shape index (κ3) is 4.37. The van der Waals surface area contributed by atoms with E-state index in [1.807, 2.05) is 35.2 Å². The van der Waals surface area contributed by atoms with Crippen molar-refractivity contribution in [2.75, 3.05) is 11.9 Å². The lowest BCUT2D eigenvalue weighted by molar-refractivity contribution is -0.121. The van der Waals surface area contributed by atoms with Crippen molar-refractivity contribution in [3.05, 3.63) is 42.0 Å². The average Bonchev–Trinajstić information content (AvgIpc) is 3.26. The first-order valence-electron chi connectivity index (χ1n) is 8.78. The van der Waals surface area contributed by atoms with Gasteiger partial charge in [-0.15, -0.1) is 0 Å². The van der Waals surface area contributed by atoms with Crippen molar-refractivity contribution in [1.29, 1.82) is 0 Å². The number of nitrogens with one attached hydrogen (secondary N) is 2. The monoisotopic (exact) mass is 327 g/mol. The second-order valence-electron chi connectivity index (χ2n) is 6.52. The highest BCUT2D eigenvalue weighted by atomic mass is 16.2. The Labute approximate surface area is 143 Å². The van der Waals surface area contributed by atoms with E-state index in [1.54, 1.807) is 0 Å². The van der Waals surface area contributed by atoms with Crippen molar-refractivity contribution in [2.45, 2.75) is 51.1 Å². The summed E-state index contributed by atoms with van der Waals surface area (Å²) in [4.78, 5) is 25.8. The minimum Gasteiger partial charge on any atom is -0.353 e. The largest absolute Gasteiger partial charge is 0.353 e. The molecule has 1 saturated carbocycles. The van der Waals surface area contributed by atoms with Crippen molar-refractivity contribution < 1.29 is 9.59 Å². The van der Waals surface area contributed by atoms with E-state index in [0.29, 0.717) is 19.0 Å². The first-order valence-corrected chi connectivity index (χ1v) is 8.78. The number of aryl methyl sites for hydroxylation is 1. The van der Waals surface area contributed by atoms with Gasteiger partial charge in [-0.1, -0.05) is 31.2 Å². The lowest BCUT2D eigenvalue weighted by Gasteiger charge is -2.23. The quantitative estimate of drug-likeness (QED) is 0.789. The molecule has 1 aliphatic carbocycles. The van der Waals surface area contributed by atoms with E-state index in [9.17, 15) is 9.59 Å². The molecule has 1 fully saturated rings. The molecule has 2 N–H and O–H groups in total. The van der Waals surface area contributed by atoms with Crippen LogP contribution >= 0.6 is 0 Å². The molecule has 1 aromatic rings. The number of anilines is 1. The van der Waals surface area contributed by atoms with Crippen LogP contribution in [0.3, 0.4) is 0 Å². The minimum absolute atomic E-state index is 0.0663. The Morgan fingerprint density at radius 1 is 1.21 bits per heavy atom. The number of hydrogen-bond donors (Lipinski definition) is 2. The fourth-order valence-electron chi connectivity index (χ4n) is 2.90. The van der Waals surface area contributed by atoms with Crippen LogP contribution in [0.15, 0.2) is 36.4 Å². The Kier molecular flexibility index (Phi) is 5.18. The molecule has 2 aliphatic rings. The fourth-order valence-corrected chi connectivity index (χ4v) is 2.90.